The molecule has 4 aromatic carbocycles. The Bertz CT molecular complexity index is 1660. The zero-order valence-electron chi connectivity index (χ0n) is 17.2. The second-order valence-corrected chi connectivity index (χ2v) is 9.25. The molecular weight excluding hydrogens is 464 g/mol. The van der Waals surface area contributed by atoms with E-state index < -0.39 is 10.1 Å². The molecule has 1 heterocycles. The van der Waals surface area contributed by atoms with Crippen molar-refractivity contribution >= 4 is 43.5 Å². The summed E-state index contributed by atoms with van der Waals surface area (Å²) in [6.45, 7) is 0. The van der Waals surface area contributed by atoms with Gasteiger partial charge >= 0.3 is 0 Å². The number of hydrogen-bond donors (Lipinski definition) is 3. The highest BCUT2D eigenvalue weighted by Gasteiger charge is 2.22. The molecule has 0 aliphatic heterocycles. The number of aromatic nitrogens is 2. The van der Waals surface area contributed by atoms with E-state index in [2.05, 4.69) is 9.97 Å². The first kappa shape index (κ1) is 21.3. The normalized spacial score (nSPS) is 11.8. The first-order valence-corrected chi connectivity index (χ1v) is 11.6. The fourth-order valence-electron chi connectivity index (χ4n) is 4.05. The van der Waals surface area contributed by atoms with Crippen LogP contribution in [0.1, 0.15) is 0 Å². The number of nitrogens with one attached hydrogen (secondary N) is 1. The predicted octanol–water partition coefficient (Wildman–Crippen LogP) is 5.66. The van der Waals surface area contributed by atoms with Gasteiger partial charge in [-0.15, -0.1) is 0 Å². The molecule has 0 unspecified atom stereocenters. The Morgan fingerprint density at radius 1 is 1.00 bits per heavy atom. The van der Waals surface area contributed by atoms with E-state index >= 15 is 0 Å². The molecule has 0 atom stereocenters. The highest BCUT2D eigenvalue weighted by molar-refractivity contribution is 7.86. The Kier molecular flexibility index (Phi) is 5.01. The number of methoxy groups -OCH3 is 1. The van der Waals surface area contributed by atoms with Crippen molar-refractivity contribution in [1.82, 2.24) is 9.97 Å². The highest BCUT2D eigenvalue weighted by atomic mass is 35.5. The molecule has 0 fully saturated rings. The number of halogens is 1. The quantitative estimate of drug-likeness (QED) is 0.286. The van der Waals surface area contributed by atoms with Crippen molar-refractivity contribution in [2.24, 2.45) is 0 Å². The molecular formula is C24H17ClN2O5S. The summed E-state index contributed by atoms with van der Waals surface area (Å²) in [4.78, 5) is 7.44. The standard InChI is InChI=1S/C24H17ClN2O5S/c1-32-23-15(13-5-2-6-14(25)11-13)7-3-9-17(23)24-26-18-12-20(33(29,30)31)16-8-4-10-19(28)21(16)22(18)27-24/h2-12,28H,1H3,(H,26,27)(H,29,30,31). The van der Waals surface area contributed by atoms with E-state index in [-0.39, 0.29) is 21.4 Å². The van der Waals surface area contributed by atoms with Gasteiger partial charge in [0.05, 0.1) is 23.6 Å². The monoisotopic (exact) mass is 480 g/mol. The number of H-pyrrole nitrogens is 1. The van der Waals surface area contributed by atoms with Gasteiger partial charge in [0.2, 0.25) is 0 Å². The first-order chi connectivity index (χ1) is 15.8. The average molecular weight is 481 g/mol. The van der Waals surface area contributed by atoms with Crippen molar-refractivity contribution < 1.29 is 22.8 Å². The van der Waals surface area contributed by atoms with Crippen LogP contribution in [0.15, 0.2) is 71.6 Å². The third-order valence-electron chi connectivity index (χ3n) is 5.44. The molecule has 166 valence electrons. The zero-order valence-corrected chi connectivity index (χ0v) is 18.8. The van der Waals surface area contributed by atoms with Crippen LogP contribution < -0.4 is 4.74 Å². The molecule has 0 aliphatic rings. The van der Waals surface area contributed by atoms with Crippen molar-refractivity contribution in [3.05, 3.63) is 71.8 Å². The number of imidazole rings is 1. The molecule has 1 aromatic heterocycles. The van der Waals surface area contributed by atoms with E-state index in [0.717, 1.165) is 11.1 Å². The van der Waals surface area contributed by atoms with Crippen LogP contribution in [0, 0.1) is 0 Å². The number of phenols is 1. The van der Waals surface area contributed by atoms with E-state index in [4.69, 9.17) is 16.3 Å². The number of nitrogens with zero attached hydrogens (tertiary/aromatic N) is 1. The fourth-order valence-corrected chi connectivity index (χ4v) is 4.96. The number of hydrogen-bond acceptors (Lipinski definition) is 5. The van der Waals surface area contributed by atoms with Crippen molar-refractivity contribution in [1.29, 1.82) is 0 Å². The van der Waals surface area contributed by atoms with Gasteiger partial charge in [0, 0.05) is 16.0 Å². The Labute approximate surface area is 194 Å². The number of aromatic hydroxyl groups is 1. The van der Waals surface area contributed by atoms with E-state index in [1.54, 1.807) is 13.2 Å². The van der Waals surface area contributed by atoms with Crippen LogP contribution in [0.25, 0.3) is 44.3 Å². The van der Waals surface area contributed by atoms with E-state index in [0.29, 0.717) is 33.2 Å². The molecule has 5 aromatic rings. The van der Waals surface area contributed by atoms with Gasteiger partial charge in [0.1, 0.15) is 27.7 Å². The molecule has 0 aliphatic carbocycles. The third kappa shape index (κ3) is 3.58. The predicted molar refractivity (Wildman–Crippen MR) is 128 cm³/mol. The Morgan fingerprint density at radius 2 is 1.73 bits per heavy atom. The van der Waals surface area contributed by atoms with Crippen LogP contribution >= 0.6 is 11.6 Å². The molecule has 0 radical (unpaired) electrons. The van der Waals surface area contributed by atoms with Gasteiger partial charge in [-0.05, 0) is 35.9 Å². The number of fused-ring (bicyclic) bond motifs is 3. The minimum Gasteiger partial charge on any atom is -0.507 e. The van der Waals surface area contributed by atoms with Crippen molar-refractivity contribution in [2.45, 2.75) is 4.90 Å². The summed E-state index contributed by atoms with van der Waals surface area (Å²) in [5.41, 5.74) is 2.98. The number of para-hydroxylation sites is 1. The molecule has 0 spiro atoms. The summed E-state index contributed by atoms with van der Waals surface area (Å²) in [5, 5.41) is 11.5. The summed E-state index contributed by atoms with van der Waals surface area (Å²) in [5.74, 6) is 0.797. The number of phenolic OH excluding ortho intramolecular Hbond substituents is 1. The molecule has 33 heavy (non-hydrogen) atoms. The average Bonchev–Trinajstić information content (AvgIpc) is 3.21. The lowest BCUT2D eigenvalue weighted by Crippen LogP contribution is -1.99. The van der Waals surface area contributed by atoms with Crippen LogP contribution in [0.3, 0.4) is 0 Å². The SMILES string of the molecule is COc1c(-c2cccc(Cl)c2)cccc1-c1nc2c(cc(S(=O)(=O)O)c3cccc(O)c32)[nH]1. The van der Waals surface area contributed by atoms with Gasteiger partial charge in [-0.3, -0.25) is 4.55 Å². The van der Waals surface area contributed by atoms with Crippen molar-refractivity contribution in [3.8, 4) is 34.0 Å². The van der Waals surface area contributed by atoms with Gasteiger partial charge in [0.25, 0.3) is 10.1 Å². The smallest absolute Gasteiger partial charge is 0.295 e. The maximum Gasteiger partial charge on any atom is 0.295 e. The number of rotatable bonds is 4. The minimum absolute atomic E-state index is 0.152. The topological polar surface area (TPSA) is 113 Å². The minimum atomic E-state index is -4.55. The van der Waals surface area contributed by atoms with Crippen LogP contribution in [-0.2, 0) is 10.1 Å². The summed E-state index contributed by atoms with van der Waals surface area (Å²) in [7, 11) is -3.00. The summed E-state index contributed by atoms with van der Waals surface area (Å²) in [6, 6.07) is 18.7. The molecule has 0 bridgehead atoms. The zero-order chi connectivity index (χ0) is 23.3. The summed E-state index contributed by atoms with van der Waals surface area (Å²) < 4.78 is 39.5. The molecule has 0 amide bonds. The molecule has 5 rings (SSSR count). The maximum atomic E-state index is 12.0. The van der Waals surface area contributed by atoms with Crippen LogP contribution in [0.2, 0.25) is 5.02 Å². The molecule has 9 heteroatoms. The van der Waals surface area contributed by atoms with Gasteiger partial charge < -0.3 is 14.8 Å². The fraction of sp³-hybridized carbons (Fsp3) is 0.0417. The Hall–Kier alpha value is -3.59. The largest absolute Gasteiger partial charge is 0.507 e. The van der Waals surface area contributed by atoms with E-state index in [1.807, 2.05) is 36.4 Å². The highest BCUT2D eigenvalue weighted by Crippen LogP contribution is 2.41. The van der Waals surface area contributed by atoms with Crippen molar-refractivity contribution in [2.75, 3.05) is 7.11 Å². The third-order valence-corrected chi connectivity index (χ3v) is 6.57. The molecule has 0 saturated carbocycles. The maximum absolute atomic E-state index is 12.0. The lowest BCUT2D eigenvalue weighted by atomic mass is 10.0. The van der Waals surface area contributed by atoms with E-state index in [1.165, 1.54) is 24.3 Å². The first-order valence-electron chi connectivity index (χ1n) is 9.83. The second-order valence-electron chi connectivity index (χ2n) is 7.43. The summed E-state index contributed by atoms with van der Waals surface area (Å²) in [6.07, 6.45) is 0. The van der Waals surface area contributed by atoms with Crippen LogP contribution in [-0.4, -0.2) is 35.2 Å². The summed E-state index contributed by atoms with van der Waals surface area (Å²) >= 11 is 6.17. The van der Waals surface area contributed by atoms with Crippen molar-refractivity contribution in [3.63, 3.8) is 0 Å². The van der Waals surface area contributed by atoms with Gasteiger partial charge in [-0.1, -0.05) is 48.0 Å². The lowest BCUT2D eigenvalue weighted by Gasteiger charge is -2.12. The molecule has 3 N–H and O–H groups in total. The Balaban J connectivity index is 1.81. The van der Waals surface area contributed by atoms with Crippen LogP contribution in [0.4, 0.5) is 0 Å². The number of ether oxygens (including phenoxy) is 1. The van der Waals surface area contributed by atoms with Gasteiger partial charge in [0.15, 0.2) is 0 Å². The van der Waals surface area contributed by atoms with Gasteiger partial charge in [-0.25, -0.2) is 4.98 Å². The Morgan fingerprint density at radius 3 is 2.45 bits per heavy atom. The molecule has 7 nitrogen and oxygen atoms in total. The number of benzene rings is 4. The van der Waals surface area contributed by atoms with Crippen LogP contribution in [0.5, 0.6) is 11.5 Å². The van der Waals surface area contributed by atoms with Gasteiger partial charge in [-0.2, -0.15) is 8.42 Å². The lowest BCUT2D eigenvalue weighted by molar-refractivity contribution is 0.418. The molecule has 0 saturated heterocycles. The second kappa shape index (κ2) is 7.77. The number of aromatic amines is 1. The van der Waals surface area contributed by atoms with E-state index in [9.17, 15) is 18.1 Å².